The molecule has 0 aliphatic heterocycles. The standard InChI is InChI=1S/C11H16FP/c1-2-3-4-5-9-6-7-10(12)8-11(9)13/h6-8H,2-5,13H2,1H3. The van der Waals surface area contributed by atoms with Crippen molar-refractivity contribution in [2.45, 2.75) is 32.6 Å². The van der Waals surface area contributed by atoms with Gasteiger partial charge in [0.05, 0.1) is 0 Å². The molecule has 13 heavy (non-hydrogen) atoms. The van der Waals surface area contributed by atoms with Crippen LogP contribution in [0.2, 0.25) is 0 Å². The number of aryl methyl sites for hydroxylation is 1. The summed E-state index contributed by atoms with van der Waals surface area (Å²) in [5.41, 5.74) is 1.25. The second-order valence-corrected chi connectivity index (χ2v) is 3.92. The molecule has 1 unspecified atom stereocenters. The van der Waals surface area contributed by atoms with Gasteiger partial charge in [-0.1, -0.05) is 25.8 Å². The average Bonchev–Trinajstić information content (AvgIpc) is 2.09. The van der Waals surface area contributed by atoms with Crippen molar-refractivity contribution in [3.8, 4) is 0 Å². The largest absolute Gasteiger partial charge is 0.207 e. The molecule has 0 spiro atoms. The molecule has 72 valence electrons. The molecule has 0 aliphatic rings. The highest BCUT2D eigenvalue weighted by molar-refractivity contribution is 7.27. The Bertz CT molecular complexity index is 271. The molecule has 2 heteroatoms. The predicted molar refractivity (Wildman–Crippen MR) is 59.0 cm³/mol. The third-order valence-corrected chi connectivity index (χ3v) is 2.70. The van der Waals surface area contributed by atoms with E-state index in [4.69, 9.17) is 0 Å². The maximum atomic E-state index is 12.7. The van der Waals surface area contributed by atoms with Gasteiger partial charge in [0.15, 0.2) is 0 Å². The van der Waals surface area contributed by atoms with Crippen LogP contribution in [0.4, 0.5) is 4.39 Å². The number of hydrogen-bond donors (Lipinski definition) is 0. The summed E-state index contributed by atoms with van der Waals surface area (Å²) >= 11 is 0. The molecular weight excluding hydrogens is 182 g/mol. The fourth-order valence-corrected chi connectivity index (χ4v) is 1.76. The first-order valence-corrected chi connectivity index (χ1v) is 5.35. The molecule has 0 amide bonds. The number of hydrogen-bond acceptors (Lipinski definition) is 0. The van der Waals surface area contributed by atoms with E-state index in [9.17, 15) is 4.39 Å². The van der Waals surface area contributed by atoms with E-state index in [0.29, 0.717) is 0 Å². The van der Waals surface area contributed by atoms with Crippen molar-refractivity contribution in [1.82, 2.24) is 0 Å². The maximum absolute atomic E-state index is 12.7. The van der Waals surface area contributed by atoms with Crippen LogP contribution in [0.25, 0.3) is 0 Å². The highest BCUT2D eigenvalue weighted by Crippen LogP contribution is 2.08. The van der Waals surface area contributed by atoms with Crippen molar-refractivity contribution in [2.75, 3.05) is 0 Å². The van der Waals surface area contributed by atoms with Gasteiger partial charge in [-0.05, 0) is 35.8 Å². The molecule has 0 heterocycles. The molecule has 0 aliphatic carbocycles. The summed E-state index contributed by atoms with van der Waals surface area (Å²) in [6.45, 7) is 2.19. The second-order valence-electron chi connectivity index (χ2n) is 3.30. The van der Waals surface area contributed by atoms with Crippen LogP contribution in [-0.2, 0) is 6.42 Å². The Morgan fingerprint density at radius 1 is 1.31 bits per heavy atom. The first kappa shape index (κ1) is 10.7. The summed E-state index contributed by atoms with van der Waals surface area (Å²) < 4.78 is 12.7. The monoisotopic (exact) mass is 198 g/mol. The Labute approximate surface area is 81.8 Å². The summed E-state index contributed by atoms with van der Waals surface area (Å²) in [6, 6.07) is 4.99. The minimum Gasteiger partial charge on any atom is -0.207 e. The maximum Gasteiger partial charge on any atom is 0.123 e. The van der Waals surface area contributed by atoms with Crippen LogP contribution in [-0.4, -0.2) is 0 Å². The lowest BCUT2D eigenvalue weighted by Crippen LogP contribution is -2.02. The van der Waals surface area contributed by atoms with Crippen LogP contribution in [0, 0.1) is 5.82 Å². The predicted octanol–water partition coefficient (Wildman–Crippen LogP) is 3.06. The summed E-state index contributed by atoms with van der Waals surface area (Å²) in [6.07, 6.45) is 4.74. The van der Waals surface area contributed by atoms with Crippen LogP contribution in [0.15, 0.2) is 18.2 Å². The van der Waals surface area contributed by atoms with Crippen molar-refractivity contribution in [1.29, 1.82) is 0 Å². The molecule has 1 aromatic carbocycles. The molecule has 0 bridgehead atoms. The third-order valence-electron chi connectivity index (χ3n) is 2.16. The Balaban J connectivity index is 2.56. The summed E-state index contributed by atoms with van der Waals surface area (Å²) in [5, 5.41) is 0.996. The van der Waals surface area contributed by atoms with E-state index in [-0.39, 0.29) is 5.82 Å². The number of halogens is 1. The van der Waals surface area contributed by atoms with E-state index in [1.807, 2.05) is 6.07 Å². The quantitative estimate of drug-likeness (QED) is 0.515. The fourth-order valence-electron chi connectivity index (χ4n) is 1.36. The zero-order valence-corrected chi connectivity index (χ0v) is 9.17. The number of rotatable bonds is 4. The normalized spacial score (nSPS) is 10.4. The Morgan fingerprint density at radius 3 is 2.69 bits per heavy atom. The van der Waals surface area contributed by atoms with Crippen molar-refractivity contribution in [2.24, 2.45) is 0 Å². The molecule has 1 rings (SSSR count). The Kier molecular flexibility index (Phi) is 4.38. The number of benzene rings is 1. The molecule has 0 radical (unpaired) electrons. The topological polar surface area (TPSA) is 0 Å². The van der Waals surface area contributed by atoms with Crippen molar-refractivity contribution < 1.29 is 4.39 Å². The van der Waals surface area contributed by atoms with Gasteiger partial charge in [-0.2, -0.15) is 0 Å². The minimum atomic E-state index is -0.149. The van der Waals surface area contributed by atoms with E-state index in [1.54, 1.807) is 6.07 Å². The molecule has 0 saturated heterocycles. The average molecular weight is 198 g/mol. The van der Waals surface area contributed by atoms with Gasteiger partial charge < -0.3 is 0 Å². The van der Waals surface area contributed by atoms with Crippen LogP contribution in [0.3, 0.4) is 0 Å². The second kappa shape index (κ2) is 5.34. The van der Waals surface area contributed by atoms with E-state index in [0.717, 1.165) is 11.7 Å². The van der Waals surface area contributed by atoms with Crippen molar-refractivity contribution >= 4 is 14.5 Å². The van der Waals surface area contributed by atoms with Gasteiger partial charge in [-0.25, -0.2) is 4.39 Å². The fraction of sp³-hybridized carbons (Fsp3) is 0.455. The van der Waals surface area contributed by atoms with Crippen molar-refractivity contribution in [3.05, 3.63) is 29.6 Å². The van der Waals surface area contributed by atoms with Crippen LogP contribution < -0.4 is 5.30 Å². The van der Waals surface area contributed by atoms with Gasteiger partial charge >= 0.3 is 0 Å². The Morgan fingerprint density at radius 2 is 2.08 bits per heavy atom. The molecular formula is C11H16FP. The lowest BCUT2D eigenvalue weighted by molar-refractivity contribution is 0.627. The van der Waals surface area contributed by atoms with E-state index >= 15 is 0 Å². The van der Waals surface area contributed by atoms with E-state index in [1.165, 1.54) is 30.9 Å². The van der Waals surface area contributed by atoms with Gasteiger partial charge in [0.1, 0.15) is 5.82 Å². The molecule has 0 N–H and O–H groups in total. The highest BCUT2D eigenvalue weighted by atomic mass is 31.0. The van der Waals surface area contributed by atoms with Gasteiger partial charge in [0.2, 0.25) is 0 Å². The first-order valence-electron chi connectivity index (χ1n) is 4.78. The van der Waals surface area contributed by atoms with E-state index < -0.39 is 0 Å². The lowest BCUT2D eigenvalue weighted by atomic mass is 10.1. The molecule has 0 saturated carbocycles. The zero-order chi connectivity index (χ0) is 9.68. The molecule has 0 nitrogen and oxygen atoms in total. The van der Waals surface area contributed by atoms with Gasteiger partial charge in [0.25, 0.3) is 0 Å². The third kappa shape index (κ3) is 3.44. The summed E-state index contributed by atoms with van der Waals surface area (Å²) in [4.78, 5) is 0. The van der Waals surface area contributed by atoms with Crippen LogP contribution >= 0.6 is 9.24 Å². The smallest absolute Gasteiger partial charge is 0.123 e. The minimum absolute atomic E-state index is 0.149. The van der Waals surface area contributed by atoms with E-state index in [2.05, 4.69) is 16.2 Å². The molecule has 1 aromatic rings. The first-order chi connectivity index (χ1) is 6.24. The highest BCUT2D eigenvalue weighted by Gasteiger charge is 1.99. The zero-order valence-electron chi connectivity index (χ0n) is 8.02. The summed E-state index contributed by atoms with van der Waals surface area (Å²) in [5.74, 6) is -0.149. The van der Waals surface area contributed by atoms with Crippen LogP contribution in [0.1, 0.15) is 31.7 Å². The molecule has 1 atom stereocenters. The SMILES string of the molecule is CCCCCc1ccc(F)cc1P. The summed E-state index contributed by atoms with van der Waals surface area (Å²) in [7, 11) is 2.59. The van der Waals surface area contributed by atoms with Crippen LogP contribution in [0.5, 0.6) is 0 Å². The Hall–Kier alpha value is -0.420. The lowest BCUT2D eigenvalue weighted by Gasteiger charge is -2.04. The molecule has 0 aromatic heterocycles. The van der Waals surface area contributed by atoms with Crippen molar-refractivity contribution in [3.63, 3.8) is 0 Å². The molecule has 0 fully saturated rings. The van der Waals surface area contributed by atoms with Gasteiger partial charge in [-0.3, -0.25) is 0 Å². The van der Waals surface area contributed by atoms with Gasteiger partial charge in [-0.15, -0.1) is 9.24 Å². The number of unbranched alkanes of at least 4 members (excludes halogenated alkanes) is 2. The van der Waals surface area contributed by atoms with Gasteiger partial charge in [0, 0.05) is 0 Å².